The van der Waals surface area contributed by atoms with E-state index in [1.165, 1.54) is 4.90 Å². The van der Waals surface area contributed by atoms with E-state index in [9.17, 15) is 9.59 Å². The van der Waals surface area contributed by atoms with Crippen LogP contribution in [0.15, 0.2) is 34.9 Å². The molecular formula is C17H20N2O4. The van der Waals surface area contributed by atoms with Gasteiger partial charge in [-0.05, 0) is 26.3 Å². The monoisotopic (exact) mass is 316 g/mol. The summed E-state index contributed by atoms with van der Waals surface area (Å²) in [5.74, 6) is -1.23. The summed E-state index contributed by atoms with van der Waals surface area (Å²) < 4.78 is 5.11. The molecule has 0 saturated heterocycles. The van der Waals surface area contributed by atoms with Crippen molar-refractivity contribution >= 4 is 11.9 Å². The van der Waals surface area contributed by atoms with Gasteiger partial charge in [0.25, 0.3) is 0 Å². The molecule has 1 heterocycles. The molecule has 6 nitrogen and oxygen atoms in total. The lowest BCUT2D eigenvalue weighted by Gasteiger charge is -2.24. The number of carbonyl (C=O) groups is 2. The predicted octanol–water partition coefficient (Wildman–Crippen LogP) is 2.51. The number of carboxylic acids is 1. The first-order chi connectivity index (χ1) is 10.9. The second kappa shape index (κ2) is 7.09. The minimum absolute atomic E-state index is 0.250. The summed E-state index contributed by atoms with van der Waals surface area (Å²) in [6.45, 7) is 5.17. The van der Waals surface area contributed by atoms with Crippen LogP contribution in [-0.4, -0.2) is 33.6 Å². The molecule has 1 atom stereocenters. The fourth-order valence-corrected chi connectivity index (χ4v) is 2.68. The van der Waals surface area contributed by atoms with E-state index in [1.807, 2.05) is 30.3 Å². The third-order valence-corrected chi connectivity index (χ3v) is 3.75. The van der Waals surface area contributed by atoms with Gasteiger partial charge in [0.15, 0.2) is 0 Å². The molecule has 1 aromatic heterocycles. The van der Waals surface area contributed by atoms with Crippen molar-refractivity contribution in [3.05, 3.63) is 52.9 Å². The zero-order valence-corrected chi connectivity index (χ0v) is 13.4. The van der Waals surface area contributed by atoms with Crippen LogP contribution in [0.4, 0.5) is 0 Å². The molecule has 0 aliphatic rings. The Balaban J connectivity index is 2.24. The Kier molecular flexibility index (Phi) is 5.16. The van der Waals surface area contributed by atoms with Crippen molar-refractivity contribution in [1.29, 1.82) is 0 Å². The third kappa shape index (κ3) is 3.97. The zero-order valence-electron chi connectivity index (χ0n) is 13.4. The van der Waals surface area contributed by atoms with Crippen LogP contribution in [0.2, 0.25) is 0 Å². The lowest BCUT2D eigenvalue weighted by atomic mass is 9.97. The molecule has 122 valence electrons. The molecule has 0 fully saturated rings. The first kappa shape index (κ1) is 16.7. The number of amides is 1. The van der Waals surface area contributed by atoms with E-state index in [0.717, 1.165) is 11.1 Å². The van der Waals surface area contributed by atoms with Gasteiger partial charge in [-0.1, -0.05) is 35.5 Å². The highest BCUT2D eigenvalue weighted by Gasteiger charge is 2.28. The van der Waals surface area contributed by atoms with E-state index in [1.54, 1.807) is 20.8 Å². The van der Waals surface area contributed by atoms with Gasteiger partial charge < -0.3 is 14.5 Å². The van der Waals surface area contributed by atoms with E-state index < -0.39 is 11.9 Å². The minimum Gasteiger partial charge on any atom is -0.480 e. The second-order valence-corrected chi connectivity index (χ2v) is 5.53. The molecule has 2 rings (SSSR count). The van der Waals surface area contributed by atoms with Crippen LogP contribution in [0.1, 0.15) is 35.4 Å². The fourth-order valence-electron chi connectivity index (χ4n) is 2.68. The van der Waals surface area contributed by atoms with Gasteiger partial charge in [-0.15, -0.1) is 0 Å². The molecule has 6 heteroatoms. The Labute approximate surface area is 134 Å². The number of aliphatic carboxylic acids is 1. The topological polar surface area (TPSA) is 83.6 Å². The van der Waals surface area contributed by atoms with Crippen LogP contribution < -0.4 is 0 Å². The summed E-state index contributed by atoms with van der Waals surface area (Å²) in [6.07, 6.45) is 0. The highest BCUT2D eigenvalue weighted by atomic mass is 16.5. The summed E-state index contributed by atoms with van der Waals surface area (Å²) in [4.78, 5) is 25.2. The Morgan fingerprint density at radius 3 is 2.43 bits per heavy atom. The molecule has 0 aliphatic carbocycles. The molecule has 2 aromatic rings. The van der Waals surface area contributed by atoms with Gasteiger partial charge in [-0.3, -0.25) is 9.59 Å². The summed E-state index contributed by atoms with van der Waals surface area (Å²) in [6, 6.07) is 9.32. The summed E-state index contributed by atoms with van der Waals surface area (Å²) in [5.41, 5.74) is 2.25. The lowest BCUT2D eigenvalue weighted by molar-refractivity contribution is -0.145. The molecule has 1 N–H and O–H groups in total. The van der Waals surface area contributed by atoms with Crippen molar-refractivity contribution in [2.75, 3.05) is 6.54 Å². The van der Waals surface area contributed by atoms with E-state index >= 15 is 0 Å². The number of hydrogen-bond donors (Lipinski definition) is 1. The number of aryl methyl sites for hydroxylation is 2. The predicted molar refractivity (Wildman–Crippen MR) is 83.9 cm³/mol. The zero-order chi connectivity index (χ0) is 17.0. The number of hydrogen-bond acceptors (Lipinski definition) is 4. The van der Waals surface area contributed by atoms with E-state index in [2.05, 4.69) is 5.16 Å². The Bertz CT molecular complexity index is 674. The van der Waals surface area contributed by atoms with E-state index in [4.69, 9.17) is 9.63 Å². The Hall–Kier alpha value is -2.63. The number of carboxylic acid groups (broad SMARTS) is 1. The molecule has 0 unspecified atom stereocenters. The molecule has 1 aromatic carbocycles. The maximum atomic E-state index is 12.8. The molecule has 0 radical (unpaired) electrons. The maximum Gasteiger partial charge on any atom is 0.323 e. The third-order valence-electron chi connectivity index (χ3n) is 3.75. The molecule has 0 spiro atoms. The van der Waals surface area contributed by atoms with Crippen molar-refractivity contribution in [3.8, 4) is 0 Å². The summed E-state index contributed by atoms with van der Waals surface area (Å²) in [5, 5.41) is 13.0. The Morgan fingerprint density at radius 2 is 1.91 bits per heavy atom. The maximum absolute atomic E-state index is 12.8. The number of rotatable bonds is 6. The summed E-state index contributed by atoms with van der Waals surface area (Å²) >= 11 is 0. The molecule has 0 saturated carbocycles. The van der Waals surface area contributed by atoms with E-state index in [0.29, 0.717) is 11.5 Å². The number of benzene rings is 1. The largest absolute Gasteiger partial charge is 0.480 e. The van der Waals surface area contributed by atoms with Crippen LogP contribution in [0.5, 0.6) is 0 Å². The average molecular weight is 316 g/mol. The number of nitrogens with zero attached hydrogens (tertiary/aromatic N) is 2. The Morgan fingerprint density at radius 1 is 1.26 bits per heavy atom. The number of aromatic nitrogens is 1. The molecule has 23 heavy (non-hydrogen) atoms. The van der Waals surface area contributed by atoms with Crippen LogP contribution in [0, 0.1) is 13.8 Å². The van der Waals surface area contributed by atoms with Crippen LogP contribution in [0.25, 0.3) is 0 Å². The lowest BCUT2D eigenvalue weighted by Crippen LogP contribution is -2.38. The van der Waals surface area contributed by atoms with Gasteiger partial charge in [-0.25, -0.2) is 0 Å². The van der Waals surface area contributed by atoms with Crippen LogP contribution in [0.3, 0.4) is 0 Å². The minimum atomic E-state index is -1.04. The average Bonchev–Trinajstić information content (AvgIpc) is 2.85. The standard InChI is InChI=1S/C17H20N2O4/c1-11(16-12(2)18-23-13(16)3)17(22)19(10-15(20)21)9-14-7-5-4-6-8-14/h4-8,11H,9-10H2,1-3H3,(H,20,21)/t11-/m1/s1. The van der Waals surface area contributed by atoms with Gasteiger partial charge in [0.05, 0.1) is 11.6 Å². The van der Waals surface area contributed by atoms with Crippen molar-refractivity contribution in [2.24, 2.45) is 0 Å². The van der Waals surface area contributed by atoms with Gasteiger partial charge in [0.1, 0.15) is 12.3 Å². The fraction of sp³-hybridized carbons (Fsp3) is 0.353. The van der Waals surface area contributed by atoms with Gasteiger partial charge in [-0.2, -0.15) is 0 Å². The second-order valence-electron chi connectivity index (χ2n) is 5.53. The molecule has 1 amide bonds. The smallest absolute Gasteiger partial charge is 0.323 e. The van der Waals surface area contributed by atoms with Gasteiger partial charge in [0, 0.05) is 12.1 Å². The number of carbonyl (C=O) groups excluding carboxylic acids is 1. The molecular weight excluding hydrogens is 296 g/mol. The quantitative estimate of drug-likeness (QED) is 0.885. The van der Waals surface area contributed by atoms with Crippen molar-refractivity contribution in [3.63, 3.8) is 0 Å². The first-order valence-corrected chi connectivity index (χ1v) is 7.37. The summed E-state index contributed by atoms with van der Waals surface area (Å²) in [7, 11) is 0. The van der Waals surface area contributed by atoms with Crippen molar-refractivity contribution in [1.82, 2.24) is 10.1 Å². The normalized spacial score (nSPS) is 12.0. The van der Waals surface area contributed by atoms with Gasteiger partial charge in [0.2, 0.25) is 5.91 Å². The van der Waals surface area contributed by atoms with Crippen LogP contribution >= 0.6 is 0 Å². The molecule has 0 bridgehead atoms. The van der Waals surface area contributed by atoms with Gasteiger partial charge >= 0.3 is 5.97 Å². The van der Waals surface area contributed by atoms with Crippen molar-refractivity contribution in [2.45, 2.75) is 33.2 Å². The SMILES string of the molecule is Cc1noc(C)c1[C@@H](C)C(=O)N(CC(=O)O)Cc1ccccc1. The highest BCUT2D eigenvalue weighted by Crippen LogP contribution is 2.25. The van der Waals surface area contributed by atoms with Crippen molar-refractivity contribution < 1.29 is 19.2 Å². The first-order valence-electron chi connectivity index (χ1n) is 7.37. The highest BCUT2D eigenvalue weighted by molar-refractivity contribution is 5.86. The van der Waals surface area contributed by atoms with Crippen LogP contribution in [-0.2, 0) is 16.1 Å². The van der Waals surface area contributed by atoms with E-state index in [-0.39, 0.29) is 19.0 Å². The molecule has 0 aliphatic heterocycles.